The molecule has 5 heteroatoms. The van der Waals surface area contributed by atoms with Gasteiger partial charge in [0.25, 0.3) is 5.91 Å². The monoisotopic (exact) mass is 298 g/mol. The Hall–Kier alpha value is -2.69. The van der Waals surface area contributed by atoms with E-state index in [1.165, 1.54) is 0 Å². The van der Waals surface area contributed by atoms with Crippen LogP contribution in [-0.4, -0.2) is 18.6 Å². The van der Waals surface area contributed by atoms with Gasteiger partial charge in [-0.1, -0.05) is 18.2 Å². The van der Waals surface area contributed by atoms with Crippen LogP contribution in [0.4, 0.5) is 11.4 Å². The van der Waals surface area contributed by atoms with Crippen molar-refractivity contribution in [3.05, 3.63) is 47.5 Å². The third-order valence-electron chi connectivity index (χ3n) is 3.76. The average Bonchev–Trinajstić information content (AvgIpc) is 2.54. The standard InChI is InChI=1S/C17H18N2O3/c1-10-7-8-12(18)11(2)16(10)19-17(20)15-9-21-13-5-3-4-6-14(13)22-15/h3-8,15H,9,18H2,1-2H3,(H,19,20). The van der Waals surface area contributed by atoms with Crippen LogP contribution >= 0.6 is 0 Å². The number of nitrogens with one attached hydrogen (secondary N) is 1. The van der Waals surface area contributed by atoms with Gasteiger partial charge in [0.2, 0.25) is 6.10 Å². The number of hydrogen-bond donors (Lipinski definition) is 2. The first-order chi connectivity index (χ1) is 10.6. The van der Waals surface area contributed by atoms with Crippen LogP contribution in [-0.2, 0) is 4.79 Å². The van der Waals surface area contributed by atoms with E-state index in [1.54, 1.807) is 6.07 Å². The molecule has 2 aromatic rings. The molecule has 0 bridgehead atoms. The minimum absolute atomic E-state index is 0.184. The maximum absolute atomic E-state index is 12.4. The Bertz CT molecular complexity index is 728. The summed E-state index contributed by atoms with van der Waals surface area (Å²) in [5.41, 5.74) is 9.08. The smallest absolute Gasteiger partial charge is 0.269 e. The molecular formula is C17H18N2O3. The van der Waals surface area contributed by atoms with E-state index < -0.39 is 6.10 Å². The van der Waals surface area contributed by atoms with Crippen molar-refractivity contribution < 1.29 is 14.3 Å². The van der Waals surface area contributed by atoms with Crippen molar-refractivity contribution >= 4 is 17.3 Å². The van der Waals surface area contributed by atoms with Crippen molar-refractivity contribution in [2.75, 3.05) is 17.7 Å². The molecule has 0 saturated heterocycles. The molecular weight excluding hydrogens is 280 g/mol. The van der Waals surface area contributed by atoms with E-state index in [2.05, 4.69) is 5.32 Å². The Kier molecular flexibility index (Phi) is 3.63. The van der Waals surface area contributed by atoms with Gasteiger partial charge in [-0.25, -0.2) is 0 Å². The van der Waals surface area contributed by atoms with Gasteiger partial charge in [0.15, 0.2) is 11.5 Å². The number of rotatable bonds is 2. The van der Waals surface area contributed by atoms with Gasteiger partial charge in [0.1, 0.15) is 6.61 Å². The molecule has 1 atom stereocenters. The second-order valence-corrected chi connectivity index (χ2v) is 5.33. The van der Waals surface area contributed by atoms with Crippen LogP contribution in [0.2, 0.25) is 0 Å². The Morgan fingerprint density at radius 2 is 1.91 bits per heavy atom. The third kappa shape index (κ3) is 2.57. The summed E-state index contributed by atoms with van der Waals surface area (Å²) in [4.78, 5) is 12.4. The first kappa shape index (κ1) is 14.3. The quantitative estimate of drug-likeness (QED) is 0.836. The zero-order valence-corrected chi connectivity index (χ0v) is 12.6. The van der Waals surface area contributed by atoms with E-state index in [-0.39, 0.29) is 12.5 Å². The SMILES string of the molecule is Cc1ccc(N)c(C)c1NC(=O)C1COc2ccccc2O1. The van der Waals surface area contributed by atoms with Crippen LogP contribution in [0.25, 0.3) is 0 Å². The van der Waals surface area contributed by atoms with Gasteiger partial charge < -0.3 is 20.5 Å². The normalized spacial score (nSPS) is 16.2. The van der Waals surface area contributed by atoms with Crippen LogP contribution in [0.1, 0.15) is 11.1 Å². The first-order valence-corrected chi connectivity index (χ1v) is 7.11. The number of nitrogens with two attached hydrogens (primary N) is 1. The van der Waals surface area contributed by atoms with E-state index in [0.29, 0.717) is 17.2 Å². The van der Waals surface area contributed by atoms with E-state index in [4.69, 9.17) is 15.2 Å². The summed E-state index contributed by atoms with van der Waals surface area (Å²) in [5, 5.41) is 2.90. The predicted molar refractivity (Wildman–Crippen MR) is 85.3 cm³/mol. The maximum atomic E-state index is 12.4. The van der Waals surface area contributed by atoms with Crippen molar-refractivity contribution in [1.29, 1.82) is 0 Å². The van der Waals surface area contributed by atoms with Crippen molar-refractivity contribution in [1.82, 2.24) is 0 Å². The molecule has 3 N–H and O–H groups in total. The molecule has 1 unspecified atom stereocenters. The zero-order chi connectivity index (χ0) is 15.7. The number of para-hydroxylation sites is 2. The lowest BCUT2D eigenvalue weighted by atomic mass is 10.1. The summed E-state index contributed by atoms with van der Waals surface area (Å²) in [6, 6.07) is 11.0. The molecule has 3 rings (SSSR count). The molecule has 0 fully saturated rings. The molecule has 1 heterocycles. The van der Waals surface area contributed by atoms with Gasteiger partial charge in [-0.2, -0.15) is 0 Å². The summed E-state index contributed by atoms with van der Waals surface area (Å²) in [7, 11) is 0. The van der Waals surface area contributed by atoms with E-state index >= 15 is 0 Å². The number of fused-ring (bicyclic) bond motifs is 1. The largest absolute Gasteiger partial charge is 0.485 e. The maximum Gasteiger partial charge on any atom is 0.269 e. The number of nitrogen functional groups attached to an aromatic ring is 1. The fourth-order valence-corrected chi connectivity index (χ4v) is 2.41. The number of hydrogen-bond acceptors (Lipinski definition) is 4. The van der Waals surface area contributed by atoms with Crippen LogP contribution in [0.5, 0.6) is 11.5 Å². The third-order valence-corrected chi connectivity index (χ3v) is 3.76. The van der Waals surface area contributed by atoms with Gasteiger partial charge in [0.05, 0.1) is 0 Å². The molecule has 114 valence electrons. The van der Waals surface area contributed by atoms with Crippen molar-refractivity contribution in [3.8, 4) is 11.5 Å². The average molecular weight is 298 g/mol. The minimum atomic E-state index is -0.685. The highest BCUT2D eigenvalue weighted by Crippen LogP contribution is 2.31. The molecule has 1 aliphatic rings. The van der Waals surface area contributed by atoms with Crippen molar-refractivity contribution in [2.45, 2.75) is 20.0 Å². The molecule has 0 radical (unpaired) electrons. The van der Waals surface area contributed by atoms with Crippen LogP contribution in [0.3, 0.4) is 0 Å². The first-order valence-electron chi connectivity index (χ1n) is 7.11. The molecule has 0 saturated carbocycles. The summed E-state index contributed by atoms with van der Waals surface area (Å²) >= 11 is 0. The number of aryl methyl sites for hydroxylation is 1. The van der Waals surface area contributed by atoms with Gasteiger partial charge >= 0.3 is 0 Å². The number of carbonyl (C=O) groups is 1. The highest BCUT2D eigenvalue weighted by atomic mass is 16.6. The second kappa shape index (κ2) is 5.60. The fraction of sp³-hybridized carbons (Fsp3) is 0.235. The fourth-order valence-electron chi connectivity index (χ4n) is 2.41. The summed E-state index contributed by atoms with van der Waals surface area (Å²) in [5.74, 6) is 0.990. The lowest BCUT2D eigenvalue weighted by molar-refractivity contribution is -0.125. The molecule has 1 aliphatic heterocycles. The van der Waals surface area contributed by atoms with Crippen LogP contribution in [0.15, 0.2) is 36.4 Å². The highest BCUT2D eigenvalue weighted by Gasteiger charge is 2.28. The molecule has 1 amide bonds. The topological polar surface area (TPSA) is 73.6 Å². The van der Waals surface area contributed by atoms with Gasteiger partial charge in [-0.3, -0.25) is 4.79 Å². The van der Waals surface area contributed by atoms with E-state index in [9.17, 15) is 4.79 Å². The van der Waals surface area contributed by atoms with E-state index in [0.717, 1.165) is 16.8 Å². The van der Waals surface area contributed by atoms with Gasteiger partial charge in [-0.15, -0.1) is 0 Å². The number of amides is 1. The van der Waals surface area contributed by atoms with Crippen molar-refractivity contribution in [2.24, 2.45) is 0 Å². The Morgan fingerprint density at radius 3 is 2.68 bits per heavy atom. The Morgan fingerprint density at radius 1 is 1.18 bits per heavy atom. The zero-order valence-electron chi connectivity index (χ0n) is 12.6. The summed E-state index contributed by atoms with van der Waals surface area (Å²) in [6.07, 6.45) is -0.685. The molecule has 5 nitrogen and oxygen atoms in total. The molecule has 0 spiro atoms. The second-order valence-electron chi connectivity index (χ2n) is 5.33. The van der Waals surface area contributed by atoms with Crippen LogP contribution < -0.4 is 20.5 Å². The van der Waals surface area contributed by atoms with Gasteiger partial charge in [-0.05, 0) is 43.2 Å². The Labute approximate surface area is 129 Å². The molecule has 0 aliphatic carbocycles. The summed E-state index contributed by atoms with van der Waals surface area (Å²) < 4.78 is 11.3. The lowest BCUT2D eigenvalue weighted by Gasteiger charge is -2.26. The van der Waals surface area contributed by atoms with Crippen LogP contribution in [0, 0.1) is 13.8 Å². The predicted octanol–water partition coefficient (Wildman–Crippen LogP) is 2.66. The van der Waals surface area contributed by atoms with Crippen molar-refractivity contribution in [3.63, 3.8) is 0 Å². The Balaban J connectivity index is 1.78. The number of anilines is 2. The van der Waals surface area contributed by atoms with E-state index in [1.807, 2.05) is 44.2 Å². The highest BCUT2D eigenvalue weighted by molar-refractivity contribution is 5.96. The minimum Gasteiger partial charge on any atom is -0.485 e. The lowest BCUT2D eigenvalue weighted by Crippen LogP contribution is -2.40. The molecule has 2 aromatic carbocycles. The number of carbonyl (C=O) groups excluding carboxylic acids is 1. The summed E-state index contributed by atoms with van der Waals surface area (Å²) in [6.45, 7) is 3.99. The number of benzene rings is 2. The molecule has 0 aromatic heterocycles. The molecule has 22 heavy (non-hydrogen) atoms. The van der Waals surface area contributed by atoms with Gasteiger partial charge in [0, 0.05) is 11.4 Å². The number of ether oxygens (including phenoxy) is 2.